The van der Waals surface area contributed by atoms with E-state index in [4.69, 9.17) is 23.7 Å². The number of aliphatic carboxylic acids is 1. The van der Waals surface area contributed by atoms with Gasteiger partial charge >= 0.3 is 18.1 Å². The number of methoxy groups -OCH3 is 2. The Morgan fingerprint density at radius 3 is 2.08 bits per heavy atom. The van der Waals surface area contributed by atoms with Gasteiger partial charge in [-0.2, -0.15) is 22.0 Å². The molecule has 0 spiro atoms. The minimum Gasteiger partial charge on any atom is -0.492 e. The van der Waals surface area contributed by atoms with E-state index in [0.717, 1.165) is 73.6 Å². The predicted molar refractivity (Wildman–Crippen MR) is 171 cm³/mol. The molecule has 7 nitrogen and oxygen atoms in total. The van der Waals surface area contributed by atoms with Crippen molar-refractivity contribution in [1.29, 1.82) is 0 Å². The first-order chi connectivity index (χ1) is 22.8. The zero-order chi connectivity index (χ0) is 35.2. The lowest BCUT2D eigenvalue weighted by Gasteiger charge is -2.43. The average molecular weight is 687 g/mol. The van der Waals surface area contributed by atoms with Crippen molar-refractivity contribution in [2.45, 2.75) is 101 Å². The molecule has 2 aromatic rings. The number of carboxylic acid groups (broad SMARTS) is 1. The van der Waals surface area contributed by atoms with Crippen LogP contribution in [0.1, 0.15) is 94.6 Å². The van der Waals surface area contributed by atoms with Gasteiger partial charge in [0.1, 0.15) is 17.2 Å². The molecule has 2 aromatic carbocycles. The van der Waals surface area contributed by atoms with E-state index in [2.05, 4.69) is 25.1 Å². The van der Waals surface area contributed by atoms with Gasteiger partial charge in [-0.15, -0.1) is 0 Å². The Bertz CT molecular complexity index is 1310. The SMILES string of the molecule is COCOc1ccc(C2(C)COc3cc(OCOC)ccc3C2CCCCCCCCCC(=CCCC(F)(F)C(F)(F)F)C(=O)O)cc1. The number of allylic oxidation sites excluding steroid dienone is 1. The molecule has 1 heterocycles. The van der Waals surface area contributed by atoms with Crippen molar-refractivity contribution in [2.24, 2.45) is 0 Å². The summed E-state index contributed by atoms with van der Waals surface area (Å²) in [6.07, 6.45) is 0.385. The molecule has 0 aliphatic carbocycles. The highest BCUT2D eigenvalue weighted by molar-refractivity contribution is 5.86. The number of hydrogen-bond donors (Lipinski definition) is 1. The topological polar surface area (TPSA) is 83.5 Å². The van der Waals surface area contributed by atoms with E-state index < -0.39 is 30.9 Å². The van der Waals surface area contributed by atoms with Gasteiger partial charge in [-0.25, -0.2) is 4.79 Å². The van der Waals surface area contributed by atoms with E-state index >= 15 is 0 Å². The van der Waals surface area contributed by atoms with Crippen LogP contribution in [0.15, 0.2) is 54.1 Å². The second-order valence-electron chi connectivity index (χ2n) is 12.4. The van der Waals surface area contributed by atoms with Crippen molar-refractivity contribution >= 4 is 5.97 Å². The van der Waals surface area contributed by atoms with Crippen molar-refractivity contribution < 1.29 is 55.5 Å². The van der Waals surface area contributed by atoms with Crippen LogP contribution in [0.2, 0.25) is 0 Å². The van der Waals surface area contributed by atoms with Crippen LogP contribution in [-0.4, -0.2) is 57.6 Å². The largest absolute Gasteiger partial charge is 0.492 e. The summed E-state index contributed by atoms with van der Waals surface area (Å²) in [7, 11) is 3.14. The highest BCUT2D eigenvalue weighted by Crippen LogP contribution is 2.50. The molecular weight excluding hydrogens is 639 g/mol. The molecule has 0 radical (unpaired) electrons. The lowest BCUT2D eigenvalue weighted by atomic mass is 9.66. The highest BCUT2D eigenvalue weighted by atomic mass is 19.4. The fraction of sp³-hybridized carbons (Fsp3) is 0.583. The van der Waals surface area contributed by atoms with E-state index in [1.807, 2.05) is 24.3 Å². The van der Waals surface area contributed by atoms with Gasteiger partial charge in [-0.05, 0) is 55.0 Å². The predicted octanol–water partition coefficient (Wildman–Crippen LogP) is 9.59. The van der Waals surface area contributed by atoms with Gasteiger partial charge in [0.25, 0.3) is 0 Å². The first kappa shape index (κ1) is 39.1. The van der Waals surface area contributed by atoms with Crippen LogP contribution in [0.5, 0.6) is 17.2 Å². The molecule has 2 atom stereocenters. The van der Waals surface area contributed by atoms with Gasteiger partial charge in [-0.1, -0.05) is 69.7 Å². The molecule has 12 heteroatoms. The molecule has 0 amide bonds. The fourth-order valence-electron chi connectivity index (χ4n) is 6.05. The third-order valence-electron chi connectivity index (χ3n) is 8.84. The van der Waals surface area contributed by atoms with Crippen molar-refractivity contribution in [3.8, 4) is 17.2 Å². The Morgan fingerprint density at radius 1 is 0.896 bits per heavy atom. The molecule has 2 unspecified atom stereocenters. The number of unbranched alkanes of at least 4 members (excludes halogenated alkanes) is 6. The zero-order valence-corrected chi connectivity index (χ0v) is 27.9. The molecule has 1 aliphatic rings. The minimum atomic E-state index is -5.64. The van der Waals surface area contributed by atoms with E-state index in [9.17, 15) is 31.9 Å². The van der Waals surface area contributed by atoms with Crippen LogP contribution in [0.3, 0.4) is 0 Å². The second-order valence-corrected chi connectivity index (χ2v) is 12.4. The monoisotopic (exact) mass is 686 g/mol. The number of hydrogen-bond acceptors (Lipinski definition) is 6. The summed E-state index contributed by atoms with van der Waals surface area (Å²) >= 11 is 0. The van der Waals surface area contributed by atoms with Gasteiger partial charge in [0.15, 0.2) is 13.6 Å². The average Bonchev–Trinajstić information content (AvgIpc) is 3.05. The van der Waals surface area contributed by atoms with Crippen LogP contribution in [-0.2, 0) is 19.7 Å². The molecule has 3 rings (SSSR count). The lowest BCUT2D eigenvalue weighted by Crippen LogP contribution is -2.40. The maximum Gasteiger partial charge on any atom is 0.453 e. The van der Waals surface area contributed by atoms with E-state index in [1.165, 1.54) is 0 Å². The first-order valence-corrected chi connectivity index (χ1v) is 16.3. The first-order valence-electron chi connectivity index (χ1n) is 16.3. The van der Waals surface area contributed by atoms with Gasteiger partial charge in [0.05, 0.1) is 6.61 Å². The number of ether oxygens (including phenoxy) is 5. The number of halogens is 5. The number of alkyl halides is 5. The summed E-state index contributed by atoms with van der Waals surface area (Å²) in [6, 6.07) is 13.9. The van der Waals surface area contributed by atoms with Crippen LogP contribution in [0, 0.1) is 0 Å². The molecule has 48 heavy (non-hydrogen) atoms. The van der Waals surface area contributed by atoms with Crippen molar-refractivity contribution in [2.75, 3.05) is 34.4 Å². The van der Waals surface area contributed by atoms with Crippen molar-refractivity contribution in [3.63, 3.8) is 0 Å². The Balaban J connectivity index is 1.52. The van der Waals surface area contributed by atoms with Crippen LogP contribution in [0.4, 0.5) is 22.0 Å². The smallest absolute Gasteiger partial charge is 0.453 e. The van der Waals surface area contributed by atoms with Gasteiger partial charge in [0.2, 0.25) is 0 Å². The summed E-state index contributed by atoms with van der Waals surface area (Å²) in [6.45, 7) is 3.03. The maximum atomic E-state index is 13.1. The number of carbonyl (C=O) groups is 1. The van der Waals surface area contributed by atoms with Gasteiger partial charge < -0.3 is 28.8 Å². The number of benzene rings is 2. The molecule has 268 valence electrons. The standard InChI is InChI=1S/C36H47F5O7/c1-34(27-15-17-28(18-16-27)47-24-44-2)23-46-32-22-29(48-25-45-3)19-20-30(32)31(34)14-10-8-6-4-5-7-9-12-26(33(42)43)13-11-21-35(37,38)36(39,40)41/h13,15-20,22,31H,4-12,14,21,23-25H2,1-3H3,(H,42,43). The maximum absolute atomic E-state index is 13.1. The van der Waals surface area contributed by atoms with Crippen LogP contribution < -0.4 is 14.2 Å². The minimum absolute atomic E-state index is 0.123. The molecule has 0 saturated heterocycles. The molecule has 1 aliphatic heterocycles. The molecule has 1 N–H and O–H groups in total. The quantitative estimate of drug-likeness (QED) is 0.0606. The lowest BCUT2D eigenvalue weighted by molar-refractivity contribution is -0.283. The van der Waals surface area contributed by atoms with Crippen LogP contribution in [0.25, 0.3) is 0 Å². The van der Waals surface area contributed by atoms with Crippen LogP contribution >= 0.6 is 0 Å². The molecule has 0 saturated carbocycles. The summed E-state index contributed by atoms with van der Waals surface area (Å²) < 4.78 is 90.9. The van der Waals surface area contributed by atoms with Crippen molar-refractivity contribution in [1.82, 2.24) is 0 Å². The fourth-order valence-corrected chi connectivity index (χ4v) is 6.05. The van der Waals surface area contributed by atoms with E-state index in [-0.39, 0.29) is 36.9 Å². The van der Waals surface area contributed by atoms with E-state index in [1.54, 1.807) is 14.2 Å². The number of carboxylic acids is 1. The summed E-state index contributed by atoms with van der Waals surface area (Å²) in [5.41, 5.74) is 1.85. The second kappa shape index (κ2) is 18.4. The Labute approximate surface area is 279 Å². The normalized spacial score (nSPS) is 18.2. The third kappa shape index (κ3) is 11.1. The third-order valence-corrected chi connectivity index (χ3v) is 8.84. The summed E-state index contributed by atoms with van der Waals surface area (Å²) in [5, 5.41) is 9.32. The van der Waals surface area contributed by atoms with Gasteiger partial charge in [0, 0.05) is 43.6 Å². The van der Waals surface area contributed by atoms with Crippen molar-refractivity contribution in [3.05, 3.63) is 65.2 Å². The van der Waals surface area contributed by atoms with Gasteiger partial charge in [-0.3, -0.25) is 0 Å². The summed E-state index contributed by atoms with van der Waals surface area (Å²) in [4.78, 5) is 11.4. The summed E-state index contributed by atoms with van der Waals surface area (Å²) in [5.74, 6) is -3.75. The Morgan fingerprint density at radius 2 is 1.48 bits per heavy atom. The Kier molecular flexibility index (Phi) is 15.0. The molecular formula is C36H47F5O7. The van der Waals surface area contributed by atoms with E-state index in [0.29, 0.717) is 18.8 Å². The number of fused-ring (bicyclic) bond motifs is 1. The molecule has 0 fully saturated rings. The highest BCUT2D eigenvalue weighted by Gasteiger charge is 2.56. The number of rotatable bonds is 21. The molecule has 0 aromatic heterocycles. The Hall–Kier alpha value is -3.38. The molecule has 0 bridgehead atoms. The zero-order valence-electron chi connectivity index (χ0n) is 27.9.